The number of nitrogens with zero attached hydrogens (tertiary/aromatic N) is 2. The standard InChI is InChI=1S/C17H30N4O2/c1-13(2)21(3)11-10-20-17(18)19-9-8-14-6-7-15(22-4)16(12-14)23-5/h6-7,12-13H,8-11H2,1-5H3,(H3,18,19,20). The molecule has 0 spiro atoms. The van der Waals surface area contributed by atoms with Gasteiger partial charge in [0.05, 0.1) is 20.8 Å². The van der Waals surface area contributed by atoms with Crippen molar-refractivity contribution in [1.82, 2.24) is 10.2 Å². The topological polar surface area (TPSA) is 72.1 Å². The third kappa shape index (κ3) is 6.78. The predicted octanol–water partition coefficient (Wildman–Crippen LogP) is 1.49. The Morgan fingerprint density at radius 1 is 1.26 bits per heavy atom. The lowest BCUT2D eigenvalue weighted by molar-refractivity contribution is 0.282. The molecule has 0 aliphatic carbocycles. The van der Waals surface area contributed by atoms with E-state index in [9.17, 15) is 0 Å². The molecule has 0 atom stereocenters. The molecule has 23 heavy (non-hydrogen) atoms. The number of ether oxygens (including phenoxy) is 2. The molecule has 3 N–H and O–H groups in total. The summed E-state index contributed by atoms with van der Waals surface area (Å²) in [4.78, 5) is 6.57. The molecule has 0 fully saturated rings. The molecule has 0 aromatic heterocycles. The van der Waals surface area contributed by atoms with E-state index < -0.39 is 0 Å². The summed E-state index contributed by atoms with van der Waals surface area (Å²) in [5, 5.41) is 3.14. The maximum Gasteiger partial charge on any atom is 0.188 e. The lowest BCUT2D eigenvalue weighted by Crippen LogP contribution is -2.35. The van der Waals surface area contributed by atoms with Gasteiger partial charge in [-0.25, -0.2) is 0 Å². The Morgan fingerprint density at radius 2 is 1.96 bits per heavy atom. The molecule has 0 unspecified atom stereocenters. The van der Waals surface area contributed by atoms with Gasteiger partial charge in [0.1, 0.15) is 0 Å². The lowest BCUT2D eigenvalue weighted by atomic mass is 10.1. The zero-order chi connectivity index (χ0) is 17.2. The van der Waals surface area contributed by atoms with E-state index in [1.165, 1.54) is 0 Å². The molecule has 0 saturated heterocycles. The number of rotatable bonds is 9. The van der Waals surface area contributed by atoms with Crippen LogP contribution in [0.5, 0.6) is 11.5 Å². The summed E-state index contributed by atoms with van der Waals surface area (Å²) in [6.45, 7) is 6.65. The van der Waals surface area contributed by atoms with Crippen LogP contribution >= 0.6 is 0 Å². The number of nitrogens with one attached hydrogen (secondary N) is 1. The van der Waals surface area contributed by atoms with E-state index in [0.29, 0.717) is 18.5 Å². The summed E-state index contributed by atoms with van der Waals surface area (Å²) in [7, 11) is 5.35. The summed E-state index contributed by atoms with van der Waals surface area (Å²) in [5.74, 6) is 1.96. The Kier molecular flexibility index (Phi) is 8.26. The van der Waals surface area contributed by atoms with Gasteiger partial charge in [-0.15, -0.1) is 0 Å². The van der Waals surface area contributed by atoms with Crippen LogP contribution in [-0.4, -0.2) is 57.8 Å². The van der Waals surface area contributed by atoms with Gasteiger partial charge in [-0.2, -0.15) is 0 Å². The maximum absolute atomic E-state index is 5.88. The molecule has 1 rings (SSSR count). The minimum Gasteiger partial charge on any atom is -0.493 e. The molecule has 0 saturated carbocycles. The van der Waals surface area contributed by atoms with Crippen molar-refractivity contribution in [3.8, 4) is 11.5 Å². The molecule has 0 bridgehead atoms. The second kappa shape index (κ2) is 9.94. The highest BCUT2D eigenvalue weighted by Gasteiger charge is 2.05. The van der Waals surface area contributed by atoms with Crippen LogP contribution in [0, 0.1) is 0 Å². The first kappa shape index (κ1) is 19.1. The van der Waals surface area contributed by atoms with Gasteiger partial charge in [-0.1, -0.05) is 6.07 Å². The molecule has 6 nitrogen and oxygen atoms in total. The van der Waals surface area contributed by atoms with E-state index >= 15 is 0 Å². The third-order valence-corrected chi connectivity index (χ3v) is 3.78. The fraction of sp³-hybridized carbons (Fsp3) is 0.588. The minimum atomic E-state index is 0.489. The van der Waals surface area contributed by atoms with Gasteiger partial charge in [0.2, 0.25) is 0 Å². The van der Waals surface area contributed by atoms with Crippen molar-refractivity contribution in [2.24, 2.45) is 10.7 Å². The minimum absolute atomic E-state index is 0.489. The van der Waals surface area contributed by atoms with Crippen LogP contribution in [0.3, 0.4) is 0 Å². The number of hydrogen-bond donors (Lipinski definition) is 2. The number of guanidine groups is 1. The van der Waals surface area contributed by atoms with Crippen molar-refractivity contribution >= 4 is 5.96 Å². The molecular weight excluding hydrogens is 292 g/mol. The molecule has 0 aliphatic heterocycles. The second-order valence-electron chi connectivity index (χ2n) is 5.71. The molecule has 1 aromatic carbocycles. The van der Waals surface area contributed by atoms with Gasteiger partial charge in [-0.05, 0) is 45.0 Å². The number of benzene rings is 1. The third-order valence-electron chi connectivity index (χ3n) is 3.78. The number of likely N-dealkylation sites (N-methyl/N-ethyl adjacent to an activating group) is 1. The SMILES string of the molecule is COc1ccc(CCNC(N)=NCCN(C)C(C)C)cc1OC. The fourth-order valence-corrected chi connectivity index (χ4v) is 2.01. The summed E-state index contributed by atoms with van der Waals surface area (Å²) in [6, 6.07) is 6.43. The van der Waals surface area contributed by atoms with Crippen molar-refractivity contribution in [2.45, 2.75) is 26.3 Å². The van der Waals surface area contributed by atoms with Crippen LogP contribution in [0.1, 0.15) is 19.4 Å². The van der Waals surface area contributed by atoms with Gasteiger partial charge in [0.15, 0.2) is 17.5 Å². The van der Waals surface area contributed by atoms with Gasteiger partial charge in [-0.3, -0.25) is 4.99 Å². The summed E-state index contributed by atoms with van der Waals surface area (Å²) < 4.78 is 10.5. The van der Waals surface area contributed by atoms with E-state index in [4.69, 9.17) is 15.2 Å². The van der Waals surface area contributed by atoms with Gasteiger partial charge >= 0.3 is 0 Å². The van der Waals surface area contributed by atoms with Crippen molar-refractivity contribution in [3.05, 3.63) is 23.8 Å². The fourth-order valence-electron chi connectivity index (χ4n) is 2.01. The van der Waals surface area contributed by atoms with Crippen LogP contribution in [-0.2, 0) is 6.42 Å². The number of aliphatic imine (C=N–C) groups is 1. The van der Waals surface area contributed by atoms with Crippen molar-refractivity contribution < 1.29 is 9.47 Å². The predicted molar refractivity (Wildman–Crippen MR) is 95.5 cm³/mol. The quantitative estimate of drug-likeness (QED) is 0.532. The highest BCUT2D eigenvalue weighted by atomic mass is 16.5. The highest BCUT2D eigenvalue weighted by molar-refractivity contribution is 5.77. The monoisotopic (exact) mass is 322 g/mol. The van der Waals surface area contributed by atoms with E-state index in [1.54, 1.807) is 14.2 Å². The van der Waals surface area contributed by atoms with Crippen molar-refractivity contribution in [1.29, 1.82) is 0 Å². The summed E-state index contributed by atoms with van der Waals surface area (Å²) in [6.07, 6.45) is 0.836. The van der Waals surface area contributed by atoms with E-state index in [1.807, 2.05) is 18.2 Å². The zero-order valence-corrected chi connectivity index (χ0v) is 14.9. The first-order valence-corrected chi connectivity index (χ1v) is 7.92. The molecule has 0 radical (unpaired) electrons. The van der Waals surface area contributed by atoms with E-state index in [2.05, 4.69) is 36.1 Å². The average Bonchev–Trinajstić information content (AvgIpc) is 2.54. The molecule has 0 heterocycles. The highest BCUT2D eigenvalue weighted by Crippen LogP contribution is 2.27. The average molecular weight is 322 g/mol. The molecule has 1 aromatic rings. The number of nitrogens with two attached hydrogens (primary N) is 1. The Hall–Kier alpha value is -1.95. The van der Waals surface area contributed by atoms with Crippen LogP contribution in [0.25, 0.3) is 0 Å². The molecule has 6 heteroatoms. The largest absolute Gasteiger partial charge is 0.493 e. The molecule has 0 amide bonds. The normalized spacial score (nSPS) is 11.9. The number of hydrogen-bond acceptors (Lipinski definition) is 4. The van der Waals surface area contributed by atoms with Crippen LogP contribution in [0.2, 0.25) is 0 Å². The van der Waals surface area contributed by atoms with Gasteiger partial charge in [0, 0.05) is 19.1 Å². The van der Waals surface area contributed by atoms with Crippen molar-refractivity contribution in [3.63, 3.8) is 0 Å². The number of methoxy groups -OCH3 is 2. The van der Waals surface area contributed by atoms with Crippen LogP contribution in [0.4, 0.5) is 0 Å². The Morgan fingerprint density at radius 3 is 2.57 bits per heavy atom. The summed E-state index contributed by atoms with van der Waals surface area (Å²) in [5.41, 5.74) is 7.03. The zero-order valence-electron chi connectivity index (χ0n) is 14.9. The van der Waals surface area contributed by atoms with E-state index in [0.717, 1.165) is 36.6 Å². The molecule has 130 valence electrons. The first-order chi connectivity index (χ1) is 11.0. The van der Waals surface area contributed by atoms with Crippen molar-refractivity contribution in [2.75, 3.05) is 40.9 Å². The summed E-state index contributed by atoms with van der Waals surface area (Å²) >= 11 is 0. The maximum atomic E-state index is 5.88. The van der Waals surface area contributed by atoms with Gasteiger partial charge in [0.25, 0.3) is 0 Å². The Balaban J connectivity index is 2.38. The van der Waals surface area contributed by atoms with Crippen LogP contribution in [0.15, 0.2) is 23.2 Å². The Labute approximate surface area is 139 Å². The second-order valence-corrected chi connectivity index (χ2v) is 5.71. The van der Waals surface area contributed by atoms with E-state index in [-0.39, 0.29) is 0 Å². The molecule has 0 aliphatic rings. The smallest absolute Gasteiger partial charge is 0.188 e. The lowest BCUT2D eigenvalue weighted by Gasteiger charge is -2.19. The Bertz CT molecular complexity index is 503. The molecular formula is C17H30N4O2. The first-order valence-electron chi connectivity index (χ1n) is 7.92. The van der Waals surface area contributed by atoms with Gasteiger partial charge < -0.3 is 25.4 Å². The van der Waals surface area contributed by atoms with Crippen LogP contribution < -0.4 is 20.5 Å².